The second-order valence-electron chi connectivity index (χ2n) is 4.34. The number of benzene rings is 2. The third-order valence-corrected chi connectivity index (χ3v) is 3.41. The van der Waals surface area contributed by atoms with Crippen LogP contribution in [0.1, 0.15) is 18.1 Å². The van der Waals surface area contributed by atoms with E-state index in [1.165, 1.54) is 0 Å². The minimum Gasteiger partial charge on any atom is -0.504 e. The Labute approximate surface area is 127 Å². The van der Waals surface area contributed by atoms with E-state index >= 15 is 0 Å². The number of hydrogen-bond acceptors (Lipinski definition) is 3. The molecule has 0 bridgehead atoms. The third-order valence-electron chi connectivity index (χ3n) is 2.78. The molecule has 0 heterocycles. The summed E-state index contributed by atoms with van der Waals surface area (Å²) in [6.07, 6.45) is 1.63. The van der Waals surface area contributed by atoms with Crippen LogP contribution in [-0.2, 0) is 0 Å². The lowest BCUT2D eigenvalue weighted by atomic mass is 10.2. The molecule has 0 spiro atoms. The van der Waals surface area contributed by atoms with Gasteiger partial charge in [0.05, 0.1) is 12.3 Å². The van der Waals surface area contributed by atoms with E-state index in [9.17, 15) is 5.11 Å². The Kier molecular flexibility index (Phi) is 4.79. The molecular formula is C16H16BrNO2. The first-order chi connectivity index (χ1) is 9.61. The first-order valence-corrected chi connectivity index (χ1v) is 7.16. The van der Waals surface area contributed by atoms with Crippen LogP contribution in [0.15, 0.2) is 45.9 Å². The number of phenols is 1. The molecule has 0 aliphatic heterocycles. The zero-order chi connectivity index (χ0) is 14.5. The van der Waals surface area contributed by atoms with Crippen molar-refractivity contribution in [3.05, 3.63) is 52.0 Å². The van der Waals surface area contributed by atoms with Crippen molar-refractivity contribution in [3.63, 3.8) is 0 Å². The molecule has 20 heavy (non-hydrogen) atoms. The van der Waals surface area contributed by atoms with Crippen LogP contribution in [0.3, 0.4) is 0 Å². The second-order valence-corrected chi connectivity index (χ2v) is 5.19. The summed E-state index contributed by atoms with van der Waals surface area (Å²) < 4.78 is 6.27. The molecule has 1 N–H and O–H groups in total. The topological polar surface area (TPSA) is 41.8 Å². The Balaban J connectivity index is 2.29. The summed E-state index contributed by atoms with van der Waals surface area (Å²) in [6, 6.07) is 11.3. The lowest BCUT2D eigenvalue weighted by Crippen LogP contribution is -1.93. The van der Waals surface area contributed by atoms with Gasteiger partial charge in [-0.1, -0.05) is 12.1 Å². The summed E-state index contributed by atoms with van der Waals surface area (Å²) in [5.41, 5.74) is 2.61. The minimum atomic E-state index is 0.112. The van der Waals surface area contributed by atoms with Gasteiger partial charge in [0.2, 0.25) is 0 Å². The van der Waals surface area contributed by atoms with Gasteiger partial charge < -0.3 is 9.84 Å². The van der Waals surface area contributed by atoms with E-state index < -0.39 is 0 Å². The first-order valence-electron chi connectivity index (χ1n) is 6.37. The van der Waals surface area contributed by atoms with Crippen LogP contribution in [0.4, 0.5) is 5.69 Å². The van der Waals surface area contributed by atoms with Crippen LogP contribution in [0.5, 0.6) is 11.5 Å². The normalized spacial score (nSPS) is 10.9. The van der Waals surface area contributed by atoms with Crippen molar-refractivity contribution in [2.24, 2.45) is 4.99 Å². The number of rotatable bonds is 4. The highest BCUT2D eigenvalue weighted by atomic mass is 79.9. The van der Waals surface area contributed by atoms with Crippen molar-refractivity contribution < 1.29 is 9.84 Å². The Bertz CT molecular complexity index is 638. The molecule has 0 saturated heterocycles. The number of ether oxygens (including phenoxy) is 1. The summed E-state index contributed by atoms with van der Waals surface area (Å²) in [7, 11) is 0. The van der Waals surface area contributed by atoms with Crippen LogP contribution in [-0.4, -0.2) is 17.9 Å². The molecule has 2 aromatic rings. The summed E-state index contributed by atoms with van der Waals surface area (Å²) in [5, 5.41) is 10.1. The van der Waals surface area contributed by atoms with Gasteiger partial charge in [-0.2, -0.15) is 0 Å². The van der Waals surface area contributed by atoms with Crippen molar-refractivity contribution in [3.8, 4) is 11.5 Å². The van der Waals surface area contributed by atoms with Gasteiger partial charge in [-0.3, -0.25) is 4.99 Å². The van der Waals surface area contributed by atoms with Gasteiger partial charge >= 0.3 is 0 Å². The van der Waals surface area contributed by atoms with Gasteiger partial charge in [-0.05, 0) is 59.6 Å². The van der Waals surface area contributed by atoms with E-state index in [-0.39, 0.29) is 5.75 Å². The Morgan fingerprint density at radius 1 is 1.30 bits per heavy atom. The highest BCUT2D eigenvalue weighted by Crippen LogP contribution is 2.30. The smallest absolute Gasteiger partial charge is 0.166 e. The predicted octanol–water partition coefficient (Wildman–Crippen LogP) is 4.61. The molecular weight excluding hydrogens is 318 g/mol. The number of aromatic hydroxyl groups is 1. The lowest BCUT2D eigenvalue weighted by Gasteiger charge is -2.07. The molecule has 2 rings (SSSR count). The number of phenolic OH excluding ortho intramolecular Hbond substituents is 1. The molecule has 0 unspecified atom stereocenters. The first kappa shape index (κ1) is 14.6. The highest BCUT2D eigenvalue weighted by molar-refractivity contribution is 9.10. The SMILES string of the molecule is CCOc1cccc(C=Nc2ccc(C)cc2Br)c1O. The van der Waals surface area contributed by atoms with Gasteiger partial charge in [-0.25, -0.2) is 0 Å². The zero-order valence-corrected chi connectivity index (χ0v) is 13.0. The van der Waals surface area contributed by atoms with Crippen LogP contribution < -0.4 is 4.74 Å². The quantitative estimate of drug-likeness (QED) is 0.830. The highest BCUT2D eigenvalue weighted by Gasteiger charge is 2.06. The zero-order valence-electron chi connectivity index (χ0n) is 11.4. The van der Waals surface area contributed by atoms with Crippen LogP contribution in [0, 0.1) is 6.92 Å². The van der Waals surface area contributed by atoms with Gasteiger partial charge in [-0.15, -0.1) is 0 Å². The maximum absolute atomic E-state index is 10.1. The molecule has 0 saturated carbocycles. The van der Waals surface area contributed by atoms with Gasteiger partial charge in [0.15, 0.2) is 11.5 Å². The maximum Gasteiger partial charge on any atom is 0.166 e. The van der Waals surface area contributed by atoms with E-state index in [0.29, 0.717) is 17.9 Å². The number of hydrogen-bond donors (Lipinski definition) is 1. The van der Waals surface area contributed by atoms with E-state index in [2.05, 4.69) is 20.9 Å². The van der Waals surface area contributed by atoms with Gasteiger partial charge in [0, 0.05) is 16.3 Å². The average Bonchev–Trinajstić information content (AvgIpc) is 2.42. The average molecular weight is 334 g/mol. The van der Waals surface area contributed by atoms with Crippen LogP contribution in [0.2, 0.25) is 0 Å². The fourth-order valence-corrected chi connectivity index (χ4v) is 2.37. The van der Waals surface area contributed by atoms with Gasteiger partial charge in [0.1, 0.15) is 0 Å². The van der Waals surface area contributed by atoms with E-state index in [4.69, 9.17) is 4.74 Å². The largest absolute Gasteiger partial charge is 0.504 e. The molecule has 3 nitrogen and oxygen atoms in total. The molecule has 104 valence electrons. The standard InChI is InChI=1S/C16H16BrNO2/c1-3-20-15-6-4-5-12(16(15)19)10-18-14-8-7-11(2)9-13(14)17/h4-10,19H,3H2,1-2H3. The fraction of sp³-hybridized carbons (Fsp3) is 0.188. The van der Waals surface area contributed by atoms with E-state index in [1.807, 2.05) is 38.1 Å². The molecule has 2 aromatic carbocycles. The van der Waals surface area contributed by atoms with Crippen molar-refractivity contribution in [1.82, 2.24) is 0 Å². The molecule has 0 atom stereocenters. The third kappa shape index (κ3) is 3.39. The van der Waals surface area contributed by atoms with Crippen LogP contribution in [0.25, 0.3) is 0 Å². The lowest BCUT2D eigenvalue weighted by molar-refractivity contribution is 0.318. The minimum absolute atomic E-state index is 0.112. The molecule has 0 aliphatic rings. The maximum atomic E-state index is 10.1. The van der Waals surface area contributed by atoms with Crippen molar-refractivity contribution >= 4 is 27.8 Å². The molecule has 0 aromatic heterocycles. The molecule has 0 amide bonds. The number of halogens is 1. The number of aryl methyl sites for hydroxylation is 1. The summed E-state index contributed by atoms with van der Waals surface area (Å²) >= 11 is 3.48. The Hall–Kier alpha value is -1.81. The van der Waals surface area contributed by atoms with E-state index in [0.717, 1.165) is 15.7 Å². The van der Waals surface area contributed by atoms with Crippen molar-refractivity contribution in [2.45, 2.75) is 13.8 Å². The monoisotopic (exact) mass is 333 g/mol. The van der Waals surface area contributed by atoms with Crippen molar-refractivity contribution in [2.75, 3.05) is 6.61 Å². The fourth-order valence-electron chi connectivity index (χ4n) is 1.77. The summed E-state index contributed by atoms with van der Waals surface area (Å²) in [4.78, 5) is 4.39. The Morgan fingerprint density at radius 2 is 2.10 bits per heavy atom. The molecule has 0 radical (unpaired) electrons. The van der Waals surface area contributed by atoms with Gasteiger partial charge in [0.25, 0.3) is 0 Å². The molecule has 0 fully saturated rings. The van der Waals surface area contributed by atoms with Crippen molar-refractivity contribution in [1.29, 1.82) is 0 Å². The number of para-hydroxylation sites is 1. The van der Waals surface area contributed by atoms with E-state index in [1.54, 1.807) is 18.3 Å². The number of nitrogens with zero attached hydrogens (tertiary/aromatic N) is 1. The predicted molar refractivity (Wildman–Crippen MR) is 85.4 cm³/mol. The summed E-state index contributed by atoms with van der Waals surface area (Å²) in [6.45, 7) is 4.41. The number of aliphatic imine (C=N–C) groups is 1. The molecule has 0 aliphatic carbocycles. The molecule has 4 heteroatoms. The second kappa shape index (κ2) is 6.57. The Morgan fingerprint density at radius 3 is 2.80 bits per heavy atom. The van der Waals surface area contributed by atoms with Crippen LogP contribution >= 0.6 is 15.9 Å². The summed E-state index contributed by atoms with van der Waals surface area (Å²) in [5.74, 6) is 0.584.